The molecule has 35 heavy (non-hydrogen) atoms. The smallest absolute Gasteiger partial charge is 0.227 e. The number of hydrogen-bond donors (Lipinski definition) is 2. The van der Waals surface area contributed by atoms with E-state index >= 15 is 0 Å². The Labute approximate surface area is 203 Å². The predicted octanol–water partition coefficient (Wildman–Crippen LogP) is 3.69. The van der Waals surface area contributed by atoms with Crippen LogP contribution in [-0.4, -0.2) is 62.5 Å². The van der Waals surface area contributed by atoms with E-state index in [2.05, 4.69) is 43.1 Å². The summed E-state index contributed by atoms with van der Waals surface area (Å²) in [5, 5.41) is 24.5. The molecule has 5 heterocycles. The summed E-state index contributed by atoms with van der Waals surface area (Å²) in [4.78, 5) is 22.2. The predicted molar refractivity (Wildman–Crippen MR) is 133 cm³/mol. The van der Waals surface area contributed by atoms with Gasteiger partial charge in [-0.05, 0) is 45.7 Å². The highest BCUT2D eigenvalue weighted by atomic mass is 19.1. The largest absolute Gasteiger partial charge is 0.390 e. The number of nitriles is 1. The minimum Gasteiger partial charge on any atom is -0.390 e. The average Bonchev–Trinajstić information content (AvgIpc) is 2.84. The molecule has 3 aromatic rings. The lowest BCUT2D eigenvalue weighted by atomic mass is 9.94. The number of anilines is 4. The van der Waals surface area contributed by atoms with Crippen LogP contribution in [0.15, 0.2) is 30.7 Å². The molecule has 5 rings (SSSR count). The normalized spacial score (nSPS) is 25.1. The van der Waals surface area contributed by atoms with Crippen LogP contribution in [0.1, 0.15) is 45.2 Å². The van der Waals surface area contributed by atoms with Crippen molar-refractivity contribution in [1.82, 2.24) is 19.9 Å². The van der Waals surface area contributed by atoms with E-state index in [9.17, 15) is 14.8 Å². The number of piperidine rings is 1. The summed E-state index contributed by atoms with van der Waals surface area (Å²) in [5.41, 5.74) is 0.0113. The van der Waals surface area contributed by atoms with Gasteiger partial charge in [-0.15, -0.1) is 0 Å². The zero-order chi connectivity index (χ0) is 24.7. The van der Waals surface area contributed by atoms with Crippen molar-refractivity contribution in [3.05, 3.63) is 36.4 Å². The summed E-state index contributed by atoms with van der Waals surface area (Å²) in [6.45, 7) is 6.88. The van der Waals surface area contributed by atoms with Crippen LogP contribution in [0.3, 0.4) is 0 Å². The number of nitrogens with one attached hydrogen (secondary N) is 1. The fraction of sp³-hybridized carbons (Fsp3) is 0.480. The van der Waals surface area contributed by atoms with Crippen LogP contribution in [0.4, 0.5) is 27.7 Å². The fourth-order valence-electron chi connectivity index (χ4n) is 4.73. The third kappa shape index (κ3) is 4.32. The van der Waals surface area contributed by atoms with E-state index < -0.39 is 11.8 Å². The van der Waals surface area contributed by atoms with Gasteiger partial charge in [-0.2, -0.15) is 10.2 Å². The minimum absolute atomic E-state index is 0.0185. The summed E-state index contributed by atoms with van der Waals surface area (Å²) in [7, 11) is 0. The van der Waals surface area contributed by atoms with Crippen molar-refractivity contribution in [2.24, 2.45) is 0 Å². The van der Waals surface area contributed by atoms with Crippen LogP contribution in [0.25, 0.3) is 10.8 Å². The second-order valence-electron chi connectivity index (χ2n) is 9.70. The van der Waals surface area contributed by atoms with Gasteiger partial charge < -0.3 is 20.2 Å². The Kier molecular flexibility index (Phi) is 5.89. The zero-order valence-electron chi connectivity index (χ0n) is 20.1. The van der Waals surface area contributed by atoms with Gasteiger partial charge in [0.2, 0.25) is 5.95 Å². The van der Waals surface area contributed by atoms with E-state index in [1.807, 2.05) is 25.4 Å². The molecule has 9 nitrogen and oxygen atoms in total. The molecular weight excluding hydrogens is 447 g/mol. The molecular formula is C25H29FN8O. The summed E-state index contributed by atoms with van der Waals surface area (Å²) in [6, 6.07) is 6.35. The molecule has 2 aliphatic heterocycles. The molecule has 10 heteroatoms. The summed E-state index contributed by atoms with van der Waals surface area (Å²) in [5.74, 6) is 1.10. The van der Waals surface area contributed by atoms with E-state index in [1.165, 1.54) is 6.92 Å². The van der Waals surface area contributed by atoms with Gasteiger partial charge in [0, 0.05) is 42.3 Å². The van der Waals surface area contributed by atoms with Crippen LogP contribution in [0.5, 0.6) is 0 Å². The average molecular weight is 477 g/mol. The molecule has 0 amide bonds. The highest BCUT2D eigenvalue weighted by molar-refractivity contribution is 5.97. The molecule has 0 aliphatic carbocycles. The lowest BCUT2D eigenvalue weighted by molar-refractivity contribution is -0.00860. The third-order valence-electron chi connectivity index (χ3n) is 7.06. The first-order chi connectivity index (χ1) is 16.8. The number of fused-ring (bicyclic) bond motifs is 1. The molecule has 182 valence electrons. The second kappa shape index (κ2) is 8.89. The maximum atomic E-state index is 14.7. The quantitative estimate of drug-likeness (QED) is 0.569. The molecule has 2 saturated heterocycles. The number of aliphatic hydroxyl groups is 1. The van der Waals surface area contributed by atoms with Crippen molar-refractivity contribution in [2.45, 2.75) is 57.3 Å². The summed E-state index contributed by atoms with van der Waals surface area (Å²) < 4.78 is 14.7. The van der Waals surface area contributed by atoms with Crippen molar-refractivity contribution in [3.8, 4) is 6.07 Å². The lowest BCUT2D eigenvalue weighted by Crippen LogP contribution is -2.52. The van der Waals surface area contributed by atoms with E-state index in [-0.39, 0.29) is 12.5 Å². The molecule has 0 radical (unpaired) electrons. The Hall–Kier alpha value is -3.58. The van der Waals surface area contributed by atoms with Crippen LogP contribution >= 0.6 is 0 Å². The van der Waals surface area contributed by atoms with Crippen molar-refractivity contribution < 1.29 is 9.50 Å². The number of rotatable bonds is 5. The Balaban J connectivity index is 1.46. The number of halogens is 1. The second-order valence-corrected chi connectivity index (χ2v) is 9.70. The Bertz CT molecular complexity index is 1290. The molecule has 2 fully saturated rings. The fourth-order valence-corrected chi connectivity index (χ4v) is 4.73. The van der Waals surface area contributed by atoms with Crippen LogP contribution in [0, 0.1) is 11.3 Å². The Morgan fingerprint density at radius 2 is 2.03 bits per heavy atom. The van der Waals surface area contributed by atoms with Crippen molar-refractivity contribution >= 4 is 34.0 Å². The van der Waals surface area contributed by atoms with Gasteiger partial charge >= 0.3 is 0 Å². The SMILES string of the molecule is C[C@@H]1CCN1c1cnc([C@@H](C)C#N)c2cc(Nc3ccnc(N4CC[C@@H](O)[C@@](C)(F)C4)n3)ncc12. The monoisotopic (exact) mass is 476 g/mol. The molecule has 0 bridgehead atoms. The van der Waals surface area contributed by atoms with Crippen LogP contribution < -0.4 is 15.1 Å². The molecule has 0 spiro atoms. The first-order valence-electron chi connectivity index (χ1n) is 11.9. The van der Waals surface area contributed by atoms with Crippen LogP contribution in [0.2, 0.25) is 0 Å². The number of aromatic nitrogens is 4. The standard InChI is InChI=1S/C25H29FN8O/c1-15(11-27)23-17-10-22(29-12-18(17)19(13-30-23)34-9-5-16(34)2)31-21-4-7-28-24(32-21)33-8-6-20(35)25(3,26)14-33/h4,7,10,12-13,15-16,20,35H,5-6,8-9,14H2,1-3H3,(H,28,29,31,32)/t15-,16+,20+,25-/m0/s1. The zero-order valence-corrected chi connectivity index (χ0v) is 20.1. The van der Waals surface area contributed by atoms with Gasteiger partial charge in [0.1, 0.15) is 11.6 Å². The molecule has 2 aliphatic rings. The van der Waals surface area contributed by atoms with Crippen molar-refractivity contribution in [1.29, 1.82) is 5.26 Å². The molecule has 0 aromatic carbocycles. The molecule has 3 aromatic heterocycles. The number of hydrogen-bond acceptors (Lipinski definition) is 9. The maximum Gasteiger partial charge on any atom is 0.227 e. The topological polar surface area (TPSA) is 114 Å². The first kappa shape index (κ1) is 23.2. The van der Waals surface area contributed by atoms with E-state index in [0.717, 1.165) is 29.4 Å². The molecule has 2 N–H and O–H groups in total. The van der Waals surface area contributed by atoms with Crippen LogP contribution in [-0.2, 0) is 0 Å². The van der Waals surface area contributed by atoms with Crippen molar-refractivity contribution in [3.63, 3.8) is 0 Å². The number of aliphatic hydroxyl groups excluding tert-OH is 1. The number of nitrogens with zero attached hydrogens (tertiary/aromatic N) is 7. The summed E-state index contributed by atoms with van der Waals surface area (Å²) >= 11 is 0. The molecule has 0 saturated carbocycles. The van der Waals surface area contributed by atoms with Gasteiger partial charge in [-0.1, -0.05) is 0 Å². The maximum absolute atomic E-state index is 14.7. The third-order valence-corrected chi connectivity index (χ3v) is 7.06. The van der Waals surface area contributed by atoms with Gasteiger partial charge in [-0.3, -0.25) is 4.98 Å². The number of pyridine rings is 2. The molecule has 0 unspecified atom stereocenters. The van der Waals surface area contributed by atoms with E-state index in [0.29, 0.717) is 42.3 Å². The van der Waals surface area contributed by atoms with Gasteiger partial charge in [0.25, 0.3) is 0 Å². The number of alkyl halides is 1. The van der Waals surface area contributed by atoms with Gasteiger partial charge in [0.05, 0.1) is 42.2 Å². The highest BCUT2D eigenvalue weighted by Gasteiger charge is 2.39. The van der Waals surface area contributed by atoms with E-state index in [1.54, 1.807) is 17.2 Å². The van der Waals surface area contributed by atoms with Gasteiger partial charge in [0.15, 0.2) is 5.67 Å². The highest BCUT2D eigenvalue weighted by Crippen LogP contribution is 2.36. The van der Waals surface area contributed by atoms with Crippen molar-refractivity contribution in [2.75, 3.05) is 34.8 Å². The van der Waals surface area contributed by atoms with E-state index in [4.69, 9.17) is 0 Å². The minimum atomic E-state index is -1.72. The van der Waals surface area contributed by atoms with Gasteiger partial charge in [-0.25, -0.2) is 14.4 Å². The Morgan fingerprint density at radius 3 is 2.71 bits per heavy atom. The Morgan fingerprint density at radius 1 is 1.20 bits per heavy atom. The lowest BCUT2D eigenvalue weighted by Gasteiger charge is -2.41. The summed E-state index contributed by atoms with van der Waals surface area (Å²) in [6.07, 6.45) is 5.73. The molecule has 4 atom stereocenters. The first-order valence-corrected chi connectivity index (χ1v) is 11.9.